The maximum atomic E-state index is 12.7. The highest BCUT2D eigenvalue weighted by molar-refractivity contribution is 5.88. The van der Waals surface area contributed by atoms with Gasteiger partial charge in [-0.2, -0.15) is 0 Å². The summed E-state index contributed by atoms with van der Waals surface area (Å²) in [7, 11) is 0. The second-order valence-corrected chi connectivity index (χ2v) is 6.14. The highest BCUT2D eigenvalue weighted by Crippen LogP contribution is 2.56. The second kappa shape index (κ2) is 5.72. The molecule has 0 spiro atoms. The summed E-state index contributed by atoms with van der Waals surface area (Å²) >= 11 is 0. The Morgan fingerprint density at radius 1 is 1.25 bits per heavy atom. The van der Waals surface area contributed by atoms with Gasteiger partial charge in [0.05, 0.1) is 6.61 Å². The van der Waals surface area contributed by atoms with Gasteiger partial charge in [0.25, 0.3) is 0 Å². The Balaban J connectivity index is 1.67. The quantitative estimate of drug-likeness (QED) is 0.776. The minimum Gasteiger partial charge on any atom is -0.464 e. The Morgan fingerprint density at radius 3 is 2.60 bits per heavy atom. The first kappa shape index (κ1) is 13.9. The molecule has 3 aliphatic rings. The summed E-state index contributed by atoms with van der Waals surface area (Å²) < 4.78 is 5.11. The van der Waals surface area contributed by atoms with E-state index in [1.54, 1.807) is 11.8 Å². The molecule has 0 bridgehead atoms. The lowest BCUT2D eigenvalue weighted by Gasteiger charge is -2.34. The summed E-state index contributed by atoms with van der Waals surface area (Å²) in [6.45, 7) is 4.08. The van der Waals surface area contributed by atoms with Crippen LogP contribution in [0.15, 0.2) is 0 Å². The van der Waals surface area contributed by atoms with Crippen LogP contribution in [0.2, 0.25) is 0 Å². The van der Waals surface area contributed by atoms with Crippen molar-refractivity contribution >= 4 is 11.9 Å². The highest BCUT2D eigenvalue weighted by Gasteiger charge is 2.56. The van der Waals surface area contributed by atoms with Crippen LogP contribution in [-0.2, 0) is 14.3 Å². The van der Waals surface area contributed by atoms with Gasteiger partial charge in [0.2, 0.25) is 5.91 Å². The number of amides is 1. The largest absolute Gasteiger partial charge is 0.464 e. The number of esters is 1. The maximum Gasteiger partial charge on any atom is 0.330 e. The van der Waals surface area contributed by atoms with Crippen LogP contribution in [-0.4, -0.2) is 49.1 Å². The third-order valence-electron chi connectivity index (χ3n) is 5.03. The first-order valence-corrected chi connectivity index (χ1v) is 7.92. The van der Waals surface area contributed by atoms with E-state index in [-0.39, 0.29) is 17.8 Å². The van der Waals surface area contributed by atoms with Crippen molar-refractivity contribution in [3.8, 4) is 0 Å². The molecule has 1 saturated heterocycles. The zero-order chi connectivity index (χ0) is 14.1. The van der Waals surface area contributed by atoms with Crippen molar-refractivity contribution in [1.29, 1.82) is 0 Å². The van der Waals surface area contributed by atoms with Crippen molar-refractivity contribution in [3.05, 3.63) is 0 Å². The molecular formula is C15H24N2O3. The number of ether oxygens (including phenoxy) is 1. The third-order valence-corrected chi connectivity index (χ3v) is 5.03. The number of rotatable bonds is 3. The fraction of sp³-hybridized carbons (Fsp3) is 0.867. The number of piperazine rings is 1. The Morgan fingerprint density at radius 2 is 1.95 bits per heavy atom. The SMILES string of the molecule is CCOC(=O)C1CNCCN1C(=O)C1C2CCCCC21. The van der Waals surface area contributed by atoms with E-state index in [1.807, 2.05) is 0 Å². The minimum absolute atomic E-state index is 0.188. The number of hydrogen-bond acceptors (Lipinski definition) is 4. The molecule has 3 unspecified atom stereocenters. The maximum absolute atomic E-state index is 12.7. The van der Waals surface area contributed by atoms with Gasteiger partial charge in [0.1, 0.15) is 6.04 Å². The van der Waals surface area contributed by atoms with Crippen LogP contribution in [0, 0.1) is 17.8 Å². The molecule has 0 radical (unpaired) electrons. The van der Waals surface area contributed by atoms with Crippen LogP contribution in [0.5, 0.6) is 0 Å². The molecule has 2 saturated carbocycles. The summed E-state index contributed by atoms with van der Waals surface area (Å²) in [6, 6.07) is -0.432. The van der Waals surface area contributed by atoms with Crippen LogP contribution in [0.25, 0.3) is 0 Å². The second-order valence-electron chi connectivity index (χ2n) is 6.14. The normalized spacial score (nSPS) is 36.1. The van der Waals surface area contributed by atoms with Crippen LogP contribution in [0.1, 0.15) is 32.6 Å². The Kier molecular flexibility index (Phi) is 3.96. The molecule has 0 aromatic heterocycles. The standard InChI is InChI=1S/C15H24N2O3/c1-2-20-15(19)12-9-16-7-8-17(12)14(18)13-10-5-3-4-6-11(10)13/h10-13,16H,2-9H2,1H3. The van der Waals surface area contributed by atoms with Crippen molar-refractivity contribution in [1.82, 2.24) is 10.2 Å². The molecule has 20 heavy (non-hydrogen) atoms. The first-order valence-electron chi connectivity index (χ1n) is 7.92. The Bertz CT molecular complexity index is 387. The molecule has 5 nitrogen and oxygen atoms in total. The molecule has 1 heterocycles. The number of hydrogen-bond donors (Lipinski definition) is 1. The van der Waals surface area contributed by atoms with Gasteiger partial charge in [-0.25, -0.2) is 4.79 Å². The molecular weight excluding hydrogens is 256 g/mol. The monoisotopic (exact) mass is 280 g/mol. The number of fused-ring (bicyclic) bond motifs is 1. The van der Waals surface area contributed by atoms with E-state index in [0.717, 1.165) is 6.54 Å². The third kappa shape index (κ3) is 2.43. The van der Waals surface area contributed by atoms with Gasteiger partial charge in [0, 0.05) is 25.6 Å². The zero-order valence-corrected chi connectivity index (χ0v) is 12.1. The van der Waals surface area contributed by atoms with Gasteiger partial charge in [-0.3, -0.25) is 4.79 Å². The summed E-state index contributed by atoms with van der Waals surface area (Å²) in [5.74, 6) is 1.30. The van der Waals surface area contributed by atoms with Gasteiger partial charge in [-0.05, 0) is 31.6 Å². The summed E-state index contributed by atoms with van der Waals surface area (Å²) in [5, 5.41) is 3.19. The number of carbonyl (C=O) groups excluding carboxylic acids is 2. The fourth-order valence-electron chi connectivity index (χ4n) is 3.97. The van der Waals surface area contributed by atoms with E-state index < -0.39 is 6.04 Å². The van der Waals surface area contributed by atoms with Crippen molar-refractivity contribution in [2.75, 3.05) is 26.2 Å². The van der Waals surface area contributed by atoms with E-state index >= 15 is 0 Å². The van der Waals surface area contributed by atoms with Gasteiger partial charge < -0.3 is 15.0 Å². The van der Waals surface area contributed by atoms with E-state index in [9.17, 15) is 9.59 Å². The minimum atomic E-state index is -0.432. The average molecular weight is 280 g/mol. The Hall–Kier alpha value is -1.10. The lowest BCUT2D eigenvalue weighted by atomic mass is 10.0. The van der Waals surface area contributed by atoms with Gasteiger partial charge in [-0.15, -0.1) is 0 Å². The first-order chi connectivity index (χ1) is 9.74. The summed E-state index contributed by atoms with van der Waals surface area (Å²) in [4.78, 5) is 26.5. The number of carbonyl (C=O) groups is 2. The van der Waals surface area contributed by atoms with Crippen LogP contribution >= 0.6 is 0 Å². The molecule has 2 aliphatic carbocycles. The van der Waals surface area contributed by atoms with Gasteiger partial charge in [-0.1, -0.05) is 12.8 Å². The number of nitrogens with zero attached hydrogens (tertiary/aromatic N) is 1. The molecule has 112 valence electrons. The molecule has 1 aliphatic heterocycles. The van der Waals surface area contributed by atoms with E-state index in [1.165, 1.54) is 25.7 Å². The molecule has 5 heteroatoms. The topological polar surface area (TPSA) is 58.6 Å². The van der Waals surface area contributed by atoms with Crippen molar-refractivity contribution in [3.63, 3.8) is 0 Å². The predicted octanol–water partition coefficient (Wildman–Crippen LogP) is 0.786. The molecule has 1 amide bonds. The molecule has 1 N–H and O–H groups in total. The van der Waals surface area contributed by atoms with E-state index in [4.69, 9.17) is 4.74 Å². The van der Waals surface area contributed by atoms with Crippen molar-refractivity contribution in [2.45, 2.75) is 38.6 Å². The zero-order valence-electron chi connectivity index (χ0n) is 12.1. The lowest BCUT2D eigenvalue weighted by molar-refractivity contribution is -0.156. The average Bonchev–Trinajstić information content (AvgIpc) is 3.21. The smallest absolute Gasteiger partial charge is 0.330 e. The fourth-order valence-corrected chi connectivity index (χ4v) is 3.97. The van der Waals surface area contributed by atoms with E-state index in [0.29, 0.717) is 31.5 Å². The van der Waals surface area contributed by atoms with Gasteiger partial charge >= 0.3 is 5.97 Å². The van der Waals surface area contributed by atoms with Crippen molar-refractivity contribution < 1.29 is 14.3 Å². The van der Waals surface area contributed by atoms with E-state index in [2.05, 4.69) is 5.32 Å². The van der Waals surface area contributed by atoms with Crippen LogP contribution in [0.3, 0.4) is 0 Å². The molecule has 0 aromatic carbocycles. The highest BCUT2D eigenvalue weighted by atomic mass is 16.5. The molecule has 3 atom stereocenters. The molecule has 0 aromatic rings. The molecule has 3 rings (SSSR count). The Labute approximate surface area is 120 Å². The summed E-state index contributed by atoms with van der Waals surface area (Å²) in [5.41, 5.74) is 0. The van der Waals surface area contributed by atoms with Gasteiger partial charge in [0.15, 0.2) is 0 Å². The van der Waals surface area contributed by atoms with Crippen LogP contribution < -0.4 is 5.32 Å². The van der Waals surface area contributed by atoms with Crippen LogP contribution in [0.4, 0.5) is 0 Å². The van der Waals surface area contributed by atoms with Crippen molar-refractivity contribution in [2.24, 2.45) is 17.8 Å². The summed E-state index contributed by atoms with van der Waals surface area (Å²) in [6.07, 6.45) is 4.90. The molecule has 3 fully saturated rings. The lowest BCUT2D eigenvalue weighted by Crippen LogP contribution is -2.58. The number of nitrogens with one attached hydrogen (secondary N) is 1. The predicted molar refractivity (Wildman–Crippen MR) is 73.9 cm³/mol.